The second-order valence-electron chi connectivity index (χ2n) is 6.36. The minimum absolute atomic E-state index is 0.0695. The Balaban J connectivity index is 1.64. The Morgan fingerprint density at radius 1 is 1.23 bits per heavy atom. The highest BCUT2D eigenvalue weighted by atomic mass is 16.5. The van der Waals surface area contributed by atoms with Crippen LogP contribution >= 0.6 is 0 Å². The quantitative estimate of drug-likeness (QED) is 0.780. The highest BCUT2D eigenvalue weighted by Crippen LogP contribution is 2.24. The zero-order chi connectivity index (χ0) is 15.9. The number of carboxylic acid groups (broad SMARTS) is 1. The number of aliphatic carboxylic acids is 1. The summed E-state index contributed by atoms with van der Waals surface area (Å²) in [5.74, 6) is -1.10. The summed E-state index contributed by atoms with van der Waals surface area (Å²) >= 11 is 0. The van der Waals surface area contributed by atoms with Gasteiger partial charge in [0.2, 0.25) is 5.91 Å². The van der Waals surface area contributed by atoms with Crippen molar-refractivity contribution in [2.45, 2.75) is 70.1 Å². The van der Waals surface area contributed by atoms with E-state index >= 15 is 0 Å². The van der Waals surface area contributed by atoms with Gasteiger partial charge in [0, 0.05) is 12.6 Å². The average Bonchev–Trinajstić information content (AvgIpc) is 2.54. The SMILES string of the molecule is CC(OCC1CCCCO1)C(=O)NC1CCC(C(=O)O)CC1. The first-order valence-electron chi connectivity index (χ1n) is 8.32. The number of carbonyl (C=O) groups excluding carboxylic acids is 1. The van der Waals surface area contributed by atoms with E-state index in [4.69, 9.17) is 14.6 Å². The number of carboxylic acids is 1. The summed E-state index contributed by atoms with van der Waals surface area (Å²) in [7, 11) is 0. The fourth-order valence-corrected chi connectivity index (χ4v) is 3.07. The molecule has 6 nitrogen and oxygen atoms in total. The third-order valence-electron chi connectivity index (χ3n) is 4.60. The van der Waals surface area contributed by atoms with Gasteiger partial charge in [-0.05, 0) is 51.9 Å². The number of amides is 1. The highest BCUT2D eigenvalue weighted by molar-refractivity contribution is 5.80. The van der Waals surface area contributed by atoms with E-state index in [-0.39, 0.29) is 24.0 Å². The second kappa shape index (κ2) is 8.48. The minimum Gasteiger partial charge on any atom is -0.481 e. The zero-order valence-corrected chi connectivity index (χ0v) is 13.3. The van der Waals surface area contributed by atoms with Crippen LogP contribution in [0, 0.1) is 5.92 Å². The standard InChI is InChI=1S/C16H27NO5/c1-11(22-10-14-4-2-3-9-21-14)15(18)17-13-7-5-12(6-8-13)16(19)20/h11-14H,2-10H2,1H3,(H,17,18)(H,19,20). The molecule has 0 aromatic rings. The van der Waals surface area contributed by atoms with Crippen LogP contribution in [0.1, 0.15) is 51.9 Å². The smallest absolute Gasteiger partial charge is 0.306 e. The van der Waals surface area contributed by atoms with Gasteiger partial charge in [0.1, 0.15) is 6.10 Å². The van der Waals surface area contributed by atoms with Gasteiger partial charge in [0.25, 0.3) is 0 Å². The summed E-state index contributed by atoms with van der Waals surface area (Å²) in [6.07, 6.45) is 5.57. The van der Waals surface area contributed by atoms with Gasteiger partial charge < -0.3 is 19.9 Å². The van der Waals surface area contributed by atoms with Gasteiger partial charge in [-0.2, -0.15) is 0 Å². The summed E-state index contributed by atoms with van der Waals surface area (Å²) < 4.78 is 11.2. The molecule has 2 aliphatic rings. The fourth-order valence-electron chi connectivity index (χ4n) is 3.07. The molecule has 1 heterocycles. The van der Waals surface area contributed by atoms with Crippen molar-refractivity contribution in [1.29, 1.82) is 0 Å². The Morgan fingerprint density at radius 3 is 2.55 bits per heavy atom. The number of ether oxygens (including phenoxy) is 2. The lowest BCUT2D eigenvalue weighted by molar-refractivity contribution is -0.143. The summed E-state index contributed by atoms with van der Waals surface area (Å²) in [6, 6.07) is 0.0695. The number of rotatable bonds is 6. The van der Waals surface area contributed by atoms with Gasteiger partial charge >= 0.3 is 5.97 Å². The van der Waals surface area contributed by atoms with Gasteiger partial charge in [-0.1, -0.05) is 0 Å². The molecule has 2 fully saturated rings. The first-order valence-corrected chi connectivity index (χ1v) is 8.32. The summed E-state index contributed by atoms with van der Waals surface area (Å²) in [5.41, 5.74) is 0. The van der Waals surface area contributed by atoms with Crippen molar-refractivity contribution in [3.8, 4) is 0 Å². The predicted octanol–water partition coefficient (Wildman–Crippen LogP) is 1.72. The largest absolute Gasteiger partial charge is 0.481 e. The van der Waals surface area contributed by atoms with Crippen LogP contribution in [-0.4, -0.2) is 48.4 Å². The van der Waals surface area contributed by atoms with Crippen molar-refractivity contribution < 1.29 is 24.2 Å². The van der Waals surface area contributed by atoms with E-state index in [1.54, 1.807) is 6.92 Å². The van der Waals surface area contributed by atoms with E-state index in [9.17, 15) is 9.59 Å². The van der Waals surface area contributed by atoms with Gasteiger partial charge in [-0.3, -0.25) is 9.59 Å². The molecule has 2 atom stereocenters. The van der Waals surface area contributed by atoms with Crippen molar-refractivity contribution in [3.63, 3.8) is 0 Å². The molecule has 126 valence electrons. The Labute approximate surface area is 131 Å². The molecule has 2 N–H and O–H groups in total. The molecule has 1 aliphatic heterocycles. The molecule has 0 bridgehead atoms. The third kappa shape index (κ3) is 5.25. The summed E-state index contributed by atoms with van der Waals surface area (Å²) in [6.45, 7) is 2.99. The molecular weight excluding hydrogens is 286 g/mol. The normalized spacial score (nSPS) is 30.5. The van der Waals surface area contributed by atoms with Crippen molar-refractivity contribution in [1.82, 2.24) is 5.32 Å². The number of nitrogens with one attached hydrogen (secondary N) is 1. The van der Waals surface area contributed by atoms with E-state index in [1.807, 2.05) is 0 Å². The summed E-state index contributed by atoms with van der Waals surface area (Å²) in [4.78, 5) is 23.0. The fraction of sp³-hybridized carbons (Fsp3) is 0.875. The molecule has 1 saturated carbocycles. The first-order chi connectivity index (χ1) is 10.6. The first kappa shape index (κ1) is 17.2. The molecule has 22 heavy (non-hydrogen) atoms. The van der Waals surface area contributed by atoms with E-state index in [1.165, 1.54) is 0 Å². The number of hydrogen-bond acceptors (Lipinski definition) is 4. The van der Waals surface area contributed by atoms with Crippen LogP contribution in [0.3, 0.4) is 0 Å². The van der Waals surface area contributed by atoms with E-state index in [0.29, 0.717) is 19.4 Å². The van der Waals surface area contributed by atoms with Crippen LogP contribution in [0.25, 0.3) is 0 Å². The van der Waals surface area contributed by atoms with Gasteiger partial charge in [-0.15, -0.1) is 0 Å². The lowest BCUT2D eigenvalue weighted by Crippen LogP contribution is -2.44. The Bertz CT molecular complexity index is 373. The topological polar surface area (TPSA) is 84.9 Å². The van der Waals surface area contributed by atoms with Gasteiger partial charge in [0.05, 0.1) is 18.6 Å². The maximum absolute atomic E-state index is 12.1. The van der Waals surface area contributed by atoms with Gasteiger partial charge in [0.15, 0.2) is 0 Å². The maximum Gasteiger partial charge on any atom is 0.306 e. The lowest BCUT2D eigenvalue weighted by Gasteiger charge is -2.28. The molecule has 1 saturated heterocycles. The Kier molecular flexibility index (Phi) is 6.64. The van der Waals surface area contributed by atoms with Crippen LogP contribution in [-0.2, 0) is 19.1 Å². The van der Waals surface area contributed by atoms with E-state index < -0.39 is 12.1 Å². The molecular formula is C16H27NO5. The molecule has 0 radical (unpaired) electrons. The van der Waals surface area contributed by atoms with E-state index in [0.717, 1.165) is 38.7 Å². The van der Waals surface area contributed by atoms with Crippen LogP contribution < -0.4 is 5.32 Å². The summed E-state index contributed by atoms with van der Waals surface area (Å²) in [5, 5.41) is 11.9. The Hall–Kier alpha value is -1.14. The van der Waals surface area contributed by atoms with Crippen molar-refractivity contribution in [2.75, 3.05) is 13.2 Å². The highest BCUT2D eigenvalue weighted by Gasteiger charge is 2.28. The van der Waals surface area contributed by atoms with Gasteiger partial charge in [-0.25, -0.2) is 0 Å². The monoisotopic (exact) mass is 313 g/mol. The molecule has 2 unspecified atom stereocenters. The molecule has 1 amide bonds. The number of hydrogen-bond donors (Lipinski definition) is 2. The van der Waals surface area contributed by atoms with Crippen molar-refractivity contribution in [3.05, 3.63) is 0 Å². The van der Waals surface area contributed by atoms with E-state index in [2.05, 4.69) is 5.32 Å². The molecule has 1 aliphatic carbocycles. The van der Waals surface area contributed by atoms with Crippen LogP contribution in [0.15, 0.2) is 0 Å². The average molecular weight is 313 g/mol. The van der Waals surface area contributed by atoms with Crippen molar-refractivity contribution in [2.24, 2.45) is 5.92 Å². The molecule has 0 spiro atoms. The van der Waals surface area contributed by atoms with Crippen LogP contribution in [0.5, 0.6) is 0 Å². The molecule has 6 heteroatoms. The molecule has 0 aromatic heterocycles. The molecule has 2 rings (SSSR count). The lowest BCUT2D eigenvalue weighted by atomic mass is 9.86. The van der Waals surface area contributed by atoms with Crippen LogP contribution in [0.4, 0.5) is 0 Å². The van der Waals surface area contributed by atoms with Crippen molar-refractivity contribution >= 4 is 11.9 Å². The van der Waals surface area contributed by atoms with Crippen LogP contribution in [0.2, 0.25) is 0 Å². The zero-order valence-electron chi connectivity index (χ0n) is 13.3. The third-order valence-corrected chi connectivity index (χ3v) is 4.60. The maximum atomic E-state index is 12.1. The molecule has 0 aromatic carbocycles. The second-order valence-corrected chi connectivity index (χ2v) is 6.36. The predicted molar refractivity (Wildman–Crippen MR) is 80.5 cm³/mol. The Morgan fingerprint density at radius 2 is 1.95 bits per heavy atom. The number of carbonyl (C=O) groups is 2. The minimum atomic E-state index is -0.728.